The lowest BCUT2D eigenvalue weighted by atomic mass is 9.90. The summed E-state index contributed by atoms with van der Waals surface area (Å²) in [6, 6.07) is 0.676. The summed E-state index contributed by atoms with van der Waals surface area (Å²) in [5, 5.41) is 8.67. The van der Waals surface area contributed by atoms with Gasteiger partial charge in [0.15, 0.2) is 0 Å². The molecule has 1 aliphatic heterocycles. The van der Waals surface area contributed by atoms with Crippen molar-refractivity contribution in [3.05, 3.63) is 0 Å². The molecule has 100 valence electrons. The van der Waals surface area contributed by atoms with Crippen molar-refractivity contribution in [2.24, 2.45) is 11.8 Å². The van der Waals surface area contributed by atoms with E-state index in [-0.39, 0.29) is 0 Å². The average molecular weight is 241 g/mol. The van der Waals surface area contributed by atoms with Gasteiger partial charge in [-0.2, -0.15) is 0 Å². The normalized spacial score (nSPS) is 20.7. The van der Waals surface area contributed by atoms with Crippen LogP contribution in [0.5, 0.6) is 0 Å². The molecule has 0 aromatic carbocycles. The molecule has 0 radical (unpaired) electrons. The van der Waals surface area contributed by atoms with Crippen molar-refractivity contribution in [2.45, 2.75) is 58.9 Å². The molecule has 1 aliphatic rings. The van der Waals surface area contributed by atoms with Crippen molar-refractivity contribution in [3.63, 3.8) is 0 Å². The van der Waals surface area contributed by atoms with Crippen LogP contribution in [-0.4, -0.2) is 35.1 Å². The molecule has 0 aromatic heterocycles. The zero-order valence-corrected chi connectivity index (χ0v) is 11.5. The molecule has 0 bridgehead atoms. The fourth-order valence-electron chi connectivity index (χ4n) is 2.84. The Morgan fingerprint density at radius 3 is 2.35 bits per heavy atom. The van der Waals surface area contributed by atoms with Crippen LogP contribution in [0.3, 0.4) is 0 Å². The number of likely N-dealkylation sites (tertiary alicyclic amines) is 1. The van der Waals surface area contributed by atoms with Crippen LogP contribution in [0.25, 0.3) is 0 Å². The zero-order valence-electron chi connectivity index (χ0n) is 11.5. The van der Waals surface area contributed by atoms with Gasteiger partial charge in [-0.25, -0.2) is 0 Å². The Morgan fingerprint density at radius 2 is 1.88 bits per heavy atom. The van der Waals surface area contributed by atoms with Gasteiger partial charge in [0.25, 0.3) is 0 Å². The Morgan fingerprint density at radius 1 is 1.29 bits per heavy atom. The summed E-state index contributed by atoms with van der Waals surface area (Å²) in [4.78, 5) is 13.1. The van der Waals surface area contributed by atoms with Crippen LogP contribution in [0.15, 0.2) is 0 Å². The molecule has 0 amide bonds. The summed E-state index contributed by atoms with van der Waals surface area (Å²) in [6.45, 7) is 9.17. The molecule has 3 heteroatoms. The van der Waals surface area contributed by atoms with E-state index < -0.39 is 5.97 Å². The number of hydrogen-bond donors (Lipinski definition) is 1. The predicted octanol–water partition coefficient (Wildman–Crippen LogP) is 3.00. The molecule has 1 fully saturated rings. The van der Waals surface area contributed by atoms with Gasteiger partial charge in [0.1, 0.15) is 0 Å². The lowest BCUT2D eigenvalue weighted by Gasteiger charge is -2.36. The van der Waals surface area contributed by atoms with E-state index in [9.17, 15) is 4.79 Å². The molecule has 0 spiro atoms. The first kappa shape index (κ1) is 14.5. The summed E-state index contributed by atoms with van der Waals surface area (Å²) in [5.41, 5.74) is 0. The summed E-state index contributed by atoms with van der Waals surface area (Å²) in [5.74, 6) is 0.740. The summed E-state index contributed by atoms with van der Waals surface area (Å²) < 4.78 is 0. The standard InChI is InChI=1S/C14H27NO2/c1-11(2)10-12(3)15-8-6-13(7-9-15)4-5-14(16)17/h11-13H,4-10H2,1-3H3,(H,16,17). The third kappa shape index (κ3) is 5.53. The largest absolute Gasteiger partial charge is 0.481 e. The number of piperidine rings is 1. The van der Waals surface area contributed by atoms with Gasteiger partial charge in [-0.3, -0.25) is 4.79 Å². The van der Waals surface area contributed by atoms with Gasteiger partial charge in [0.05, 0.1) is 0 Å². The maximum atomic E-state index is 10.5. The molecular formula is C14H27NO2. The van der Waals surface area contributed by atoms with Gasteiger partial charge < -0.3 is 10.0 Å². The number of carbonyl (C=O) groups is 1. The van der Waals surface area contributed by atoms with E-state index in [2.05, 4.69) is 25.7 Å². The second-order valence-electron chi connectivity index (χ2n) is 5.89. The third-order valence-electron chi connectivity index (χ3n) is 3.85. The molecule has 1 unspecified atom stereocenters. The molecule has 1 heterocycles. The highest BCUT2D eigenvalue weighted by atomic mass is 16.4. The fourth-order valence-corrected chi connectivity index (χ4v) is 2.84. The van der Waals surface area contributed by atoms with Crippen molar-refractivity contribution >= 4 is 5.97 Å². The third-order valence-corrected chi connectivity index (χ3v) is 3.85. The van der Waals surface area contributed by atoms with E-state index in [1.807, 2.05) is 0 Å². The maximum absolute atomic E-state index is 10.5. The summed E-state index contributed by atoms with van der Waals surface area (Å²) in [6.07, 6.45) is 4.82. The second-order valence-corrected chi connectivity index (χ2v) is 5.89. The van der Waals surface area contributed by atoms with Crippen LogP contribution in [0.4, 0.5) is 0 Å². The molecule has 3 nitrogen and oxygen atoms in total. The zero-order chi connectivity index (χ0) is 12.8. The minimum atomic E-state index is -0.652. The summed E-state index contributed by atoms with van der Waals surface area (Å²) >= 11 is 0. The van der Waals surface area contributed by atoms with Crippen LogP contribution in [0, 0.1) is 11.8 Å². The first-order valence-corrected chi connectivity index (χ1v) is 6.95. The number of carboxylic acids is 1. The van der Waals surface area contributed by atoms with E-state index >= 15 is 0 Å². The molecule has 17 heavy (non-hydrogen) atoms. The minimum absolute atomic E-state index is 0.339. The van der Waals surface area contributed by atoms with E-state index in [0.717, 1.165) is 25.4 Å². The SMILES string of the molecule is CC(C)CC(C)N1CCC(CCC(=O)O)CC1. The van der Waals surface area contributed by atoms with Crippen LogP contribution in [-0.2, 0) is 4.79 Å². The monoisotopic (exact) mass is 241 g/mol. The smallest absolute Gasteiger partial charge is 0.303 e. The Balaban J connectivity index is 2.23. The molecule has 1 atom stereocenters. The minimum Gasteiger partial charge on any atom is -0.481 e. The number of nitrogens with zero attached hydrogens (tertiary/aromatic N) is 1. The predicted molar refractivity (Wildman–Crippen MR) is 70.1 cm³/mol. The Kier molecular flexibility index (Phi) is 5.96. The first-order valence-electron chi connectivity index (χ1n) is 6.95. The van der Waals surface area contributed by atoms with Crippen LogP contribution in [0.1, 0.15) is 52.9 Å². The molecule has 0 aliphatic carbocycles. The van der Waals surface area contributed by atoms with Gasteiger partial charge in [-0.05, 0) is 57.5 Å². The number of aliphatic carboxylic acids is 1. The second kappa shape index (κ2) is 7.00. The van der Waals surface area contributed by atoms with Crippen molar-refractivity contribution < 1.29 is 9.90 Å². The first-order chi connectivity index (χ1) is 7.99. The van der Waals surface area contributed by atoms with Gasteiger partial charge in [0.2, 0.25) is 0 Å². The summed E-state index contributed by atoms with van der Waals surface area (Å²) in [7, 11) is 0. The molecule has 0 aromatic rings. The van der Waals surface area contributed by atoms with E-state index in [4.69, 9.17) is 5.11 Å². The molecule has 1 N–H and O–H groups in total. The average Bonchev–Trinajstić information content (AvgIpc) is 2.26. The van der Waals surface area contributed by atoms with Crippen molar-refractivity contribution in [1.82, 2.24) is 4.90 Å². The van der Waals surface area contributed by atoms with E-state index in [0.29, 0.717) is 18.4 Å². The highest BCUT2D eigenvalue weighted by Crippen LogP contribution is 2.24. The van der Waals surface area contributed by atoms with Gasteiger partial charge in [0, 0.05) is 12.5 Å². The highest BCUT2D eigenvalue weighted by molar-refractivity contribution is 5.66. The quantitative estimate of drug-likeness (QED) is 0.777. The molecule has 1 rings (SSSR count). The molecular weight excluding hydrogens is 214 g/mol. The fraction of sp³-hybridized carbons (Fsp3) is 0.929. The lowest BCUT2D eigenvalue weighted by molar-refractivity contribution is -0.137. The Bertz CT molecular complexity index is 232. The van der Waals surface area contributed by atoms with Gasteiger partial charge in [-0.1, -0.05) is 13.8 Å². The number of rotatable bonds is 6. The Labute approximate surface area is 105 Å². The number of carboxylic acid groups (broad SMARTS) is 1. The Hall–Kier alpha value is -0.570. The van der Waals surface area contributed by atoms with Crippen molar-refractivity contribution in [1.29, 1.82) is 0 Å². The van der Waals surface area contributed by atoms with Gasteiger partial charge in [-0.15, -0.1) is 0 Å². The number of hydrogen-bond acceptors (Lipinski definition) is 2. The molecule has 0 saturated carbocycles. The van der Waals surface area contributed by atoms with E-state index in [1.54, 1.807) is 0 Å². The van der Waals surface area contributed by atoms with E-state index in [1.165, 1.54) is 19.3 Å². The van der Waals surface area contributed by atoms with Gasteiger partial charge >= 0.3 is 5.97 Å². The van der Waals surface area contributed by atoms with Crippen LogP contribution >= 0.6 is 0 Å². The lowest BCUT2D eigenvalue weighted by Crippen LogP contribution is -2.40. The topological polar surface area (TPSA) is 40.5 Å². The van der Waals surface area contributed by atoms with Crippen LogP contribution in [0.2, 0.25) is 0 Å². The van der Waals surface area contributed by atoms with Crippen LogP contribution < -0.4 is 0 Å². The van der Waals surface area contributed by atoms with Crippen molar-refractivity contribution in [2.75, 3.05) is 13.1 Å². The highest BCUT2D eigenvalue weighted by Gasteiger charge is 2.23. The maximum Gasteiger partial charge on any atom is 0.303 e. The van der Waals surface area contributed by atoms with Crippen molar-refractivity contribution in [3.8, 4) is 0 Å². The molecule has 1 saturated heterocycles.